The highest BCUT2D eigenvalue weighted by molar-refractivity contribution is 6.31. The Kier molecular flexibility index (Phi) is 5.64. The third-order valence-corrected chi connectivity index (χ3v) is 4.22. The fourth-order valence-electron chi connectivity index (χ4n) is 2.51. The SMILES string of the molecule is COc1ccc(Cl)c(CCCN2CCN(C)CC2)c1F. The third-order valence-electron chi connectivity index (χ3n) is 3.87. The molecule has 1 aromatic carbocycles. The summed E-state index contributed by atoms with van der Waals surface area (Å²) in [5.41, 5.74) is 0.570. The van der Waals surface area contributed by atoms with E-state index >= 15 is 0 Å². The molecule has 3 nitrogen and oxygen atoms in total. The first-order valence-corrected chi connectivity index (χ1v) is 7.41. The fraction of sp³-hybridized carbons (Fsp3) is 0.600. The van der Waals surface area contributed by atoms with Gasteiger partial charge in [-0.2, -0.15) is 0 Å². The van der Waals surface area contributed by atoms with Crippen molar-refractivity contribution < 1.29 is 9.13 Å². The highest BCUT2D eigenvalue weighted by Crippen LogP contribution is 2.28. The number of hydrogen-bond acceptors (Lipinski definition) is 3. The quantitative estimate of drug-likeness (QED) is 0.831. The molecular formula is C15H22ClFN2O. The highest BCUT2D eigenvalue weighted by atomic mass is 35.5. The van der Waals surface area contributed by atoms with E-state index in [0.717, 1.165) is 39.1 Å². The van der Waals surface area contributed by atoms with E-state index in [0.29, 0.717) is 17.0 Å². The molecule has 0 N–H and O–H groups in total. The minimum Gasteiger partial charge on any atom is -0.494 e. The topological polar surface area (TPSA) is 15.7 Å². The first-order valence-electron chi connectivity index (χ1n) is 7.03. The van der Waals surface area contributed by atoms with Gasteiger partial charge in [-0.15, -0.1) is 0 Å². The van der Waals surface area contributed by atoms with Crippen molar-refractivity contribution >= 4 is 11.6 Å². The number of nitrogens with zero attached hydrogens (tertiary/aromatic N) is 2. The zero-order chi connectivity index (χ0) is 14.5. The minimum absolute atomic E-state index is 0.268. The average molecular weight is 301 g/mol. The maximum atomic E-state index is 14.1. The lowest BCUT2D eigenvalue weighted by Crippen LogP contribution is -2.44. The Hall–Kier alpha value is -0.840. The minimum atomic E-state index is -0.321. The van der Waals surface area contributed by atoms with Crippen molar-refractivity contribution in [1.82, 2.24) is 9.80 Å². The van der Waals surface area contributed by atoms with Crippen LogP contribution in [0, 0.1) is 5.82 Å². The number of likely N-dealkylation sites (N-methyl/N-ethyl adjacent to an activating group) is 1. The second kappa shape index (κ2) is 7.25. The van der Waals surface area contributed by atoms with Crippen LogP contribution in [-0.4, -0.2) is 56.7 Å². The first-order chi connectivity index (χ1) is 9.61. The third kappa shape index (κ3) is 3.84. The van der Waals surface area contributed by atoms with Crippen LogP contribution in [0.5, 0.6) is 5.75 Å². The lowest BCUT2D eigenvalue weighted by atomic mass is 10.1. The van der Waals surface area contributed by atoms with Crippen molar-refractivity contribution in [3.8, 4) is 5.75 Å². The second-order valence-electron chi connectivity index (χ2n) is 5.29. The number of halogens is 2. The predicted octanol–water partition coefficient (Wildman–Crippen LogP) is 2.67. The number of ether oxygens (including phenoxy) is 1. The van der Waals surface area contributed by atoms with Gasteiger partial charge in [-0.1, -0.05) is 11.6 Å². The van der Waals surface area contributed by atoms with Crippen LogP contribution in [0.3, 0.4) is 0 Å². The van der Waals surface area contributed by atoms with Crippen LogP contribution >= 0.6 is 11.6 Å². The first kappa shape index (κ1) is 15.5. The van der Waals surface area contributed by atoms with E-state index in [1.807, 2.05) is 0 Å². The van der Waals surface area contributed by atoms with Gasteiger partial charge in [0.2, 0.25) is 0 Å². The molecule has 1 aliphatic heterocycles. The van der Waals surface area contributed by atoms with Crippen molar-refractivity contribution in [3.05, 3.63) is 28.5 Å². The van der Waals surface area contributed by atoms with E-state index in [-0.39, 0.29) is 11.6 Å². The monoisotopic (exact) mass is 300 g/mol. The summed E-state index contributed by atoms with van der Waals surface area (Å²) < 4.78 is 19.1. The molecule has 0 spiro atoms. The molecule has 0 radical (unpaired) electrons. The summed E-state index contributed by atoms with van der Waals surface area (Å²) in [5.74, 6) is -0.0534. The van der Waals surface area contributed by atoms with E-state index in [2.05, 4.69) is 16.8 Å². The van der Waals surface area contributed by atoms with Gasteiger partial charge in [0.25, 0.3) is 0 Å². The lowest BCUT2D eigenvalue weighted by molar-refractivity contribution is 0.153. The molecule has 2 rings (SSSR count). The average Bonchev–Trinajstić information content (AvgIpc) is 2.44. The smallest absolute Gasteiger partial charge is 0.169 e. The van der Waals surface area contributed by atoms with Gasteiger partial charge in [-0.3, -0.25) is 0 Å². The van der Waals surface area contributed by atoms with Gasteiger partial charge in [0.15, 0.2) is 11.6 Å². The molecule has 1 heterocycles. The summed E-state index contributed by atoms with van der Waals surface area (Å²) in [5, 5.41) is 0.488. The summed E-state index contributed by atoms with van der Waals surface area (Å²) in [4.78, 5) is 4.75. The van der Waals surface area contributed by atoms with E-state index in [1.54, 1.807) is 12.1 Å². The molecule has 1 fully saturated rings. The zero-order valence-electron chi connectivity index (χ0n) is 12.2. The maximum Gasteiger partial charge on any atom is 0.169 e. The number of hydrogen-bond donors (Lipinski definition) is 0. The van der Waals surface area contributed by atoms with Crippen molar-refractivity contribution in [1.29, 1.82) is 0 Å². The van der Waals surface area contributed by atoms with Gasteiger partial charge in [-0.25, -0.2) is 4.39 Å². The molecule has 20 heavy (non-hydrogen) atoms. The van der Waals surface area contributed by atoms with Gasteiger partial charge < -0.3 is 14.5 Å². The van der Waals surface area contributed by atoms with E-state index in [4.69, 9.17) is 16.3 Å². The summed E-state index contributed by atoms with van der Waals surface area (Å²) in [6, 6.07) is 3.27. The van der Waals surface area contributed by atoms with Gasteiger partial charge in [0, 0.05) is 36.8 Å². The molecule has 0 amide bonds. The van der Waals surface area contributed by atoms with E-state index in [9.17, 15) is 4.39 Å². The summed E-state index contributed by atoms with van der Waals surface area (Å²) >= 11 is 6.08. The molecule has 0 unspecified atom stereocenters. The molecule has 0 bridgehead atoms. The molecular weight excluding hydrogens is 279 g/mol. The molecule has 5 heteroatoms. The van der Waals surface area contributed by atoms with Crippen molar-refractivity contribution in [2.75, 3.05) is 46.9 Å². The Morgan fingerprint density at radius 3 is 2.60 bits per heavy atom. The number of rotatable bonds is 5. The predicted molar refractivity (Wildman–Crippen MR) is 80.2 cm³/mol. The number of benzene rings is 1. The van der Waals surface area contributed by atoms with Crippen molar-refractivity contribution in [3.63, 3.8) is 0 Å². The summed E-state index contributed by atoms with van der Waals surface area (Å²) in [6.45, 7) is 5.37. The van der Waals surface area contributed by atoms with Crippen LogP contribution in [0.2, 0.25) is 5.02 Å². The molecule has 112 valence electrons. The molecule has 1 saturated heterocycles. The highest BCUT2D eigenvalue weighted by Gasteiger charge is 2.15. The van der Waals surface area contributed by atoms with Crippen LogP contribution in [0.25, 0.3) is 0 Å². The van der Waals surface area contributed by atoms with Gasteiger partial charge in [-0.05, 0) is 38.6 Å². The molecule has 0 atom stereocenters. The van der Waals surface area contributed by atoms with Gasteiger partial charge in [0.1, 0.15) is 0 Å². The summed E-state index contributed by atoms with van der Waals surface area (Å²) in [6.07, 6.45) is 1.56. The normalized spacial score (nSPS) is 17.4. The Labute approximate surface area is 125 Å². The van der Waals surface area contributed by atoms with E-state index in [1.165, 1.54) is 7.11 Å². The Morgan fingerprint density at radius 2 is 1.95 bits per heavy atom. The second-order valence-corrected chi connectivity index (χ2v) is 5.70. The number of piperazine rings is 1. The molecule has 0 aliphatic carbocycles. The zero-order valence-corrected chi connectivity index (χ0v) is 12.9. The van der Waals surface area contributed by atoms with Crippen molar-refractivity contribution in [2.24, 2.45) is 0 Å². The van der Waals surface area contributed by atoms with E-state index < -0.39 is 0 Å². The van der Waals surface area contributed by atoms with Crippen LogP contribution in [0.15, 0.2) is 12.1 Å². The van der Waals surface area contributed by atoms with Crippen LogP contribution in [0.1, 0.15) is 12.0 Å². The largest absolute Gasteiger partial charge is 0.494 e. The number of methoxy groups -OCH3 is 1. The summed E-state index contributed by atoms with van der Waals surface area (Å²) in [7, 11) is 3.61. The molecule has 0 aromatic heterocycles. The van der Waals surface area contributed by atoms with Gasteiger partial charge in [0.05, 0.1) is 7.11 Å². The molecule has 1 aromatic rings. The Bertz CT molecular complexity index is 448. The molecule has 0 saturated carbocycles. The van der Waals surface area contributed by atoms with Gasteiger partial charge >= 0.3 is 0 Å². The van der Waals surface area contributed by atoms with Crippen LogP contribution in [-0.2, 0) is 6.42 Å². The van der Waals surface area contributed by atoms with Crippen LogP contribution < -0.4 is 4.74 Å². The fourth-order valence-corrected chi connectivity index (χ4v) is 2.75. The van der Waals surface area contributed by atoms with Crippen molar-refractivity contribution in [2.45, 2.75) is 12.8 Å². The Balaban J connectivity index is 1.88. The Morgan fingerprint density at radius 1 is 1.25 bits per heavy atom. The maximum absolute atomic E-state index is 14.1. The van der Waals surface area contributed by atoms with Crippen LogP contribution in [0.4, 0.5) is 4.39 Å². The lowest BCUT2D eigenvalue weighted by Gasteiger charge is -2.32. The molecule has 1 aliphatic rings. The standard InChI is InChI=1S/C15H22ClFN2O/c1-18-8-10-19(11-9-18)7-3-4-12-13(16)5-6-14(20-2)15(12)17/h5-6H,3-4,7-11H2,1-2H3.